The van der Waals surface area contributed by atoms with Gasteiger partial charge in [-0.1, -0.05) is 49.3 Å². The predicted octanol–water partition coefficient (Wildman–Crippen LogP) is 5.36. The molecule has 0 saturated carbocycles. The van der Waals surface area contributed by atoms with Gasteiger partial charge < -0.3 is 5.32 Å². The van der Waals surface area contributed by atoms with E-state index in [-0.39, 0.29) is 5.54 Å². The van der Waals surface area contributed by atoms with E-state index in [1.165, 1.54) is 12.8 Å². The molecule has 0 aliphatic rings. The van der Waals surface area contributed by atoms with Crippen molar-refractivity contribution in [3.8, 4) is 0 Å². The first kappa shape index (κ1) is 18.7. The van der Waals surface area contributed by atoms with Crippen LogP contribution in [0.3, 0.4) is 0 Å². The van der Waals surface area contributed by atoms with Gasteiger partial charge in [-0.25, -0.2) is 0 Å². The van der Waals surface area contributed by atoms with Gasteiger partial charge in [0.1, 0.15) is 0 Å². The van der Waals surface area contributed by atoms with Crippen LogP contribution in [-0.2, 0) is 0 Å². The summed E-state index contributed by atoms with van der Waals surface area (Å²) in [6.07, 6.45) is 2.45. The average Bonchev–Trinajstić information content (AvgIpc) is 2.11. The molecule has 0 amide bonds. The van der Waals surface area contributed by atoms with E-state index in [1.54, 1.807) is 0 Å². The van der Waals surface area contributed by atoms with Crippen molar-refractivity contribution in [3.63, 3.8) is 0 Å². The Kier molecular flexibility index (Phi) is 7.15. The molecule has 1 unspecified atom stereocenters. The normalized spacial score (nSPS) is 15.8. The Balaban J connectivity index is 4.19. The summed E-state index contributed by atoms with van der Waals surface area (Å²) < 4.78 is 0.309. The van der Waals surface area contributed by atoms with E-state index in [2.05, 4.69) is 78.5 Å². The minimum absolute atomic E-state index is 0.213. The molecule has 0 fully saturated rings. The van der Waals surface area contributed by atoms with E-state index in [0.717, 1.165) is 0 Å². The lowest BCUT2D eigenvalue weighted by molar-refractivity contribution is 0.359. The van der Waals surface area contributed by atoms with Crippen molar-refractivity contribution in [1.29, 1.82) is 0 Å². The van der Waals surface area contributed by atoms with Crippen LogP contribution < -0.4 is 5.32 Å². The van der Waals surface area contributed by atoms with Gasteiger partial charge in [0.2, 0.25) is 0 Å². The van der Waals surface area contributed by atoms with Gasteiger partial charge in [0.05, 0.1) is 0 Å². The highest BCUT2D eigenvalue weighted by atomic mass is 33.1. The molecule has 1 atom stereocenters. The maximum Gasteiger partial charge on any atom is 0.0224 e. The van der Waals surface area contributed by atoms with Crippen LogP contribution in [0.2, 0.25) is 0 Å². The largest absolute Gasteiger partial charge is 0.315 e. The van der Waals surface area contributed by atoms with Crippen LogP contribution in [0.5, 0.6) is 0 Å². The molecule has 0 saturated heterocycles. The third-order valence-electron chi connectivity index (χ3n) is 2.88. The van der Waals surface area contributed by atoms with Crippen molar-refractivity contribution in [3.05, 3.63) is 0 Å². The fourth-order valence-corrected chi connectivity index (χ4v) is 5.36. The third kappa shape index (κ3) is 9.57. The first-order chi connectivity index (χ1) is 7.87. The molecule has 3 heteroatoms. The summed E-state index contributed by atoms with van der Waals surface area (Å²) in [4.78, 5) is 0. The van der Waals surface area contributed by atoms with Gasteiger partial charge in [0.15, 0.2) is 0 Å². The molecule has 0 spiro atoms. The Hall–Kier alpha value is 0.660. The molecule has 1 N–H and O–H groups in total. The molecule has 1 nitrogen and oxygen atoms in total. The summed E-state index contributed by atoms with van der Waals surface area (Å²) in [6.45, 7) is 18.6. The summed E-state index contributed by atoms with van der Waals surface area (Å²) >= 11 is 0. The lowest BCUT2D eigenvalue weighted by atomic mass is 9.91. The van der Waals surface area contributed by atoms with E-state index in [9.17, 15) is 0 Å². The second kappa shape index (κ2) is 6.90. The average molecular weight is 292 g/mol. The molecular formula is C15H33NS2. The van der Waals surface area contributed by atoms with Gasteiger partial charge in [-0.15, -0.1) is 0 Å². The zero-order chi connectivity index (χ0) is 14.6. The van der Waals surface area contributed by atoms with Crippen molar-refractivity contribution in [2.45, 2.75) is 83.8 Å². The lowest BCUT2D eigenvalue weighted by Gasteiger charge is -2.35. The molecule has 0 aromatic carbocycles. The molecule has 0 bridgehead atoms. The number of hydrogen-bond acceptors (Lipinski definition) is 3. The molecule has 0 aliphatic carbocycles. The summed E-state index contributed by atoms with van der Waals surface area (Å²) in [6, 6.07) is 0. The Labute approximate surface area is 123 Å². The molecule has 0 aromatic heterocycles. The second-order valence-electron chi connectivity index (χ2n) is 7.83. The number of hydrogen-bond donors (Lipinski definition) is 1. The monoisotopic (exact) mass is 291 g/mol. The quantitative estimate of drug-likeness (QED) is 0.634. The first-order valence-corrected chi connectivity index (χ1v) is 9.12. The number of nitrogens with one attached hydrogen (secondary N) is 1. The third-order valence-corrected chi connectivity index (χ3v) is 6.70. The van der Waals surface area contributed by atoms with Crippen molar-refractivity contribution in [2.75, 3.05) is 7.05 Å². The Morgan fingerprint density at radius 1 is 1.00 bits per heavy atom. The van der Waals surface area contributed by atoms with Crippen LogP contribution in [0.4, 0.5) is 0 Å². The lowest BCUT2D eigenvalue weighted by Crippen LogP contribution is -2.41. The highest BCUT2D eigenvalue weighted by Gasteiger charge is 2.29. The van der Waals surface area contributed by atoms with Crippen LogP contribution >= 0.6 is 21.6 Å². The van der Waals surface area contributed by atoms with Gasteiger partial charge >= 0.3 is 0 Å². The minimum atomic E-state index is 0.213. The molecule has 0 aliphatic heterocycles. The predicted molar refractivity (Wildman–Crippen MR) is 90.6 cm³/mol. The summed E-state index contributed by atoms with van der Waals surface area (Å²) in [5, 5.41) is 4.12. The summed E-state index contributed by atoms with van der Waals surface area (Å²) in [5.74, 6) is 0. The van der Waals surface area contributed by atoms with E-state index >= 15 is 0 Å². The van der Waals surface area contributed by atoms with Gasteiger partial charge in [0, 0.05) is 15.5 Å². The maximum absolute atomic E-state index is 3.40. The Morgan fingerprint density at radius 3 is 1.89 bits per heavy atom. The molecule has 0 aromatic rings. The standard InChI is InChI=1S/C15H33NS2/c1-12(10-13(2,3)4)17-18-15(7,8)11-14(5,6)16-9/h12,16H,10-11H2,1-9H3. The fourth-order valence-electron chi connectivity index (χ4n) is 2.29. The van der Waals surface area contributed by atoms with Crippen molar-refractivity contribution in [2.24, 2.45) is 5.41 Å². The zero-order valence-electron chi connectivity index (χ0n) is 13.8. The van der Waals surface area contributed by atoms with E-state index in [4.69, 9.17) is 0 Å². The summed E-state index contributed by atoms with van der Waals surface area (Å²) in [5.41, 5.74) is 0.645. The molecular weight excluding hydrogens is 258 g/mol. The van der Waals surface area contributed by atoms with E-state index < -0.39 is 0 Å². The minimum Gasteiger partial charge on any atom is -0.315 e. The van der Waals surface area contributed by atoms with Crippen LogP contribution in [0.25, 0.3) is 0 Å². The van der Waals surface area contributed by atoms with Gasteiger partial charge in [-0.3, -0.25) is 0 Å². The molecule has 110 valence electrons. The molecule has 0 radical (unpaired) electrons. The van der Waals surface area contributed by atoms with Gasteiger partial charge in [-0.05, 0) is 53.0 Å². The van der Waals surface area contributed by atoms with Crippen LogP contribution in [-0.4, -0.2) is 22.6 Å². The first-order valence-electron chi connectivity index (χ1n) is 6.90. The van der Waals surface area contributed by atoms with Gasteiger partial charge in [-0.2, -0.15) is 0 Å². The SMILES string of the molecule is CNC(C)(C)CC(C)(C)SSC(C)CC(C)(C)C. The topological polar surface area (TPSA) is 12.0 Å². The van der Waals surface area contributed by atoms with Crippen LogP contribution in [0.15, 0.2) is 0 Å². The van der Waals surface area contributed by atoms with E-state index in [0.29, 0.717) is 15.4 Å². The second-order valence-corrected chi connectivity index (χ2v) is 11.2. The fraction of sp³-hybridized carbons (Fsp3) is 1.00. The molecule has 0 rings (SSSR count). The Bertz CT molecular complexity index is 241. The van der Waals surface area contributed by atoms with Crippen molar-refractivity contribution in [1.82, 2.24) is 5.32 Å². The van der Waals surface area contributed by atoms with E-state index in [1.807, 2.05) is 10.8 Å². The van der Waals surface area contributed by atoms with Crippen molar-refractivity contribution < 1.29 is 0 Å². The summed E-state index contributed by atoms with van der Waals surface area (Å²) in [7, 11) is 6.15. The van der Waals surface area contributed by atoms with Gasteiger partial charge in [0.25, 0.3) is 0 Å². The highest BCUT2D eigenvalue weighted by molar-refractivity contribution is 8.77. The molecule has 0 heterocycles. The Morgan fingerprint density at radius 2 is 1.50 bits per heavy atom. The maximum atomic E-state index is 3.40. The van der Waals surface area contributed by atoms with Crippen molar-refractivity contribution >= 4 is 21.6 Å². The molecule has 18 heavy (non-hydrogen) atoms. The zero-order valence-corrected chi connectivity index (χ0v) is 15.4. The smallest absolute Gasteiger partial charge is 0.0224 e. The van der Waals surface area contributed by atoms with Crippen LogP contribution in [0, 0.1) is 5.41 Å². The highest BCUT2D eigenvalue weighted by Crippen LogP contribution is 2.44. The van der Waals surface area contributed by atoms with Crippen LogP contribution in [0.1, 0.15) is 68.2 Å². The number of rotatable bonds is 7.